The molecule has 0 aliphatic heterocycles. The fraction of sp³-hybridized carbons (Fsp3) is 0.167. The number of sulfonamides is 1. The maximum absolute atomic E-state index is 12.0. The SMILES string of the molecule is NC(=O)c1ccccc1OCC#CCNS(=O)(=O)Cc1ccc(Cl)cc1. The van der Waals surface area contributed by atoms with Gasteiger partial charge in [0.15, 0.2) is 0 Å². The van der Waals surface area contributed by atoms with Crippen LogP contribution in [-0.2, 0) is 15.8 Å². The van der Waals surface area contributed by atoms with Crippen molar-refractivity contribution in [2.45, 2.75) is 5.75 Å². The predicted octanol–water partition coefficient (Wildman–Crippen LogP) is 1.94. The number of carbonyl (C=O) groups is 1. The van der Waals surface area contributed by atoms with E-state index in [0.717, 1.165) is 0 Å². The zero-order valence-corrected chi connectivity index (χ0v) is 15.3. The molecule has 0 heterocycles. The van der Waals surface area contributed by atoms with Gasteiger partial charge in [0.05, 0.1) is 17.9 Å². The Kier molecular flexibility index (Phi) is 7.04. The number of amides is 1. The Morgan fingerprint density at radius 3 is 2.50 bits per heavy atom. The molecular formula is C18H17ClN2O4S. The third-order valence-electron chi connectivity index (χ3n) is 3.23. The molecule has 0 radical (unpaired) electrons. The predicted molar refractivity (Wildman–Crippen MR) is 100 cm³/mol. The highest BCUT2D eigenvalue weighted by atomic mass is 35.5. The van der Waals surface area contributed by atoms with E-state index in [1.54, 1.807) is 48.5 Å². The minimum atomic E-state index is -3.50. The van der Waals surface area contributed by atoms with Crippen molar-refractivity contribution in [3.63, 3.8) is 0 Å². The maximum Gasteiger partial charge on any atom is 0.252 e. The molecule has 8 heteroatoms. The van der Waals surface area contributed by atoms with Crippen LogP contribution in [0, 0.1) is 11.8 Å². The molecule has 0 spiro atoms. The number of rotatable bonds is 7. The number of nitrogens with two attached hydrogens (primary N) is 1. The van der Waals surface area contributed by atoms with E-state index in [-0.39, 0.29) is 24.5 Å². The van der Waals surface area contributed by atoms with Gasteiger partial charge in [-0.15, -0.1) is 0 Å². The molecule has 136 valence electrons. The highest BCUT2D eigenvalue weighted by Gasteiger charge is 2.10. The van der Waals surface area contributed by atoms with Crippen LogP contribution < -0.4 is 15.2 Å². The normalized spacial score (nSPS) is 10.7. The summed E-state index contributed by atoms with van der Waals surface area (Å²) in [6.07, 6.45) is 0. The molecule has 0 bridgehead atoms. The molecule has 2 aromatic rings. The highest BCUT2D eigenvalue weighted by molar-refractivity contribution is 7.88. The lowest BCUT2D eigenvalue weighted by Gasteiger charge is -2.06. The Bertz CT molecular complexity index is 932. The zero-order chi connectivity index (χ0) is 19.0. The van der Waals surface area contributed by atoms with E-state index in [1.165, 1.54) is 0 Å². The number of hydrogen-bond donors (Lipinski definition) is 2. The summed E-state index contributed by atoms with van der Waals surface area (Å²) >= 11 is 5.77. The van der Waals surface area contributed by atoms with Crippen molar-refractivity contribution >= 4 is 27.5 Å². The quantitative estimate of drug-likeness (QED) is 0.703. The fourth-order valence-electron chi connectivity index (χ4n) is 2.02. The lowest BCUT2D eigenvalue weighted by atomic mass is 10.2. The number of halogens is 1. The summed E-state index contributed by atoms with van der Waals surface area (Å²) in [6.45, 7) is -0.0417. The Labute approximate surface area is 157 Å². The molecule has 0 aliphatic rings. The minimum absolute atomic E-state index is 0.00318. The molecular weight excluding hydrogens is 376 g/mol. The van der Waals surface area contributed by atoms with Crippen LogP contribution in [0.3, 0.4) is 0 Å². The van der Waals surface area contributed by atoms with E-state index in [1.807, 2.05) is 0 Å². The van der Waals surface area contributed by atoms with Crippen LogP contribution in [0.2, 0.25) is 5.02 Å². The molecule has 6 nitrogen and oxygen atoms in total. The van der Waals surface area contributed by atoms with Gasteiger partial charge in [-0.25, -0.2) is 13.1 Å². The molecule has 0 atom stereocenters. The Morgan fingerprint density at radius 1 is 1.12 bits per heavy atom. The number of hydrogen-bond acceptors (Lipinski definition) is 4. The summed E-state index contributed by atoms with van der Waals surface area (Å²) in [6, 6.07) is 13.1. The highest BCUT2D eigenvalue weighted by Crippen LogP contribution is 2.16. The van der Waals surface area contributed by atoms with E-state index in [0.29, 0.717) is 16.3 Å². The topological polar surface area (TPSA) is 98.5 Å². The molecule has 3 N–H and O–H groups in total. The zero-order valence-electron chi connectivity index (χ0n) is 13.7. The molecule has 2 rings (SSSR count). The molecule has 0 fully saturated rings. The van der Waals surface area contributed by atoms with Crippen molar-refractivity contribution in [3.05, 3.63) is 64.7 Å². The number of carbonyl (C=O) groups excluding carboxylic acids is 1. The summed E-state index contributed by atoms with van der Waals surface area (Å²) in [7, 11) is -3.50. The average Bonchev–Trinajstić information content (AvgIpc) is 2.60. The monoisotopic (exact) mass is 392 g/mol. The molecule has 0 aromatic heterocycles. The van der Waals surface area contributed by atoms with Crippen LogP contribution in [-0.4, -0.2) is 27.5 Å². The Hall–Kier alpha value is -2.53. The second-order valence-electron chi connectivity index (χ2n) is 5.21. The van der Waals surface area contributed by atoms with Gasteiger partial charge in [0, 0.05) is 5.02 Å². The van der Waals surface area contributed by atoms with Crippen molar-refractivity contribution in [2.24, 2.45) is 5.73 Å². The van der Waals surface area contributed by atoms with Crippen LogP contribution in [0.1, 0.15) is 15.9 Å². The van der Waals surface area contributed by atoms with E-state index < -0.39 is 15.9 Å². The summed E-state index contributed by atoms with van der Waals surface area (Å²) in [5.74, 6) is 4.91. The summed E-state index contributed by atoms with van der Waals surface area (Å²) in [4.78, 5) is 11.3. The van der Waals surface area contributed by atoms with Gasteiger partial charge in [-0.1, -0.05) is 47.7 Å². The van der Waals surface area contributed by atoms with E-state index >= 15 is 0 Å². The molecule has 2 aromatic carbocycles. The Morgan fingerprint density at radius 2 is 1.81 bits per heavy atom. The summed E-state index contributed by atoms with van der Waals surface area (Å²) in [5.41, 5.74) is 6.14. The number of benzene rings is 2. The van der Waals surface area contributed by atoms with Gasteiger partial charge in [0.25, 0.3) is 5.91 Å². The third-order valence-corrected chi connectivity index (χ3v) is 4.78. The number of nitrogens with one attached hydrogen (secondary N) is 1. The van der Waals surface area contributed by atoms with Crippen LogP contribution in [0.25, 0.3) is 0 Å². The first-order chi connectivity index (χ1) is 12.4. The molecule has 0 saturated heterocycles. The minimum Gasteiger partial charge on any atom is -0.480 e. The average molecular weight is 393 g/mol. The van der Waals surface area contributed by atoms with Gasteiger partial charge in [-0.2, -0.15) is 0 Å². The van der Waals surface area contributed by atoms with Crippen molar-refractivity contribution in [2.75, 3.05) is 13.2 Å². The van der Waals surface area contributed by atoms with Crippen LogP contribution in [0.5, 0.6) is 5.75 Å². The van der Waals surface area contributed by atoms with Crippen molar-refractivity contribution in [1.29, 1.82) is 0 Å². The first-order valence-corrected chi connectivity index (χ1v) is 9.59. The Balaban J connectivity index is 1.81. The summed E-state index contributed by atoms with van der Waals surface area (Å²) < 4.78 is 31.7. The first-order valence-electron chi connectivity index (χ1n) is 7.56. The largest absolute Gasteiger partial charge is 0.480 e. The molecule has 0 unspecified atom stereocenters. The van der Waals surface area contributed by atoms with Gasteiger partial charge >= 0.3 is 0 Å². The lowest BCUT2D eigenvalue weighted by molar-refractivity contribution is 0.0997. The van der Waals surface area contributed by atoms with Gasteiger partial charge in [-0.3, -0.25) is 4.79 Å². The number of para-hydroxylation sites is 1. The van der Waals surface area contributed by atoms with Crippen molar-refractivity contribution < 1.29 is 17.9 Å². The van der Waals surface area contributed by atoms with Crippen LogP contribution >= 0.6 is 11.6 Å². The maximum atomic E-state index is 12.0. The second-order valence-corrected chi connectivity index (χ2v) is 7.45. The van der Waals surface area contributed by atoms with Crippen LogP contribution in [0.4, 0.5) is 0 Å². The van der Waals surface area contributed by atoms with Gasteiger partial charge in [-0.05, 0) is 29.8 Å². The number of primary amides is 1. The van der Waals surface area contributed by atoms with E-state index in [4.69, 9.17) is 22.1 Å². The second kappa shape index (κ2) is 9.25. The molecule has 1 amide bonds. The smallest absolute Gasteiger partial charge is 0.252 e. The third kappa shape index (κ3) is 6.41. The van der Waals surface area contributed by atoms with Gasteiger partial charge < -0.3 is 10.5 Å². The fourth-order valence-corrected chi connectivity index (χ4v) is 3.17. The van der Waals surface area contributed by atoms with Crippen LogP contribution in [0.15, 0.2) is 48.5 Å². The molecule has 26 heavy (non-hydrogen) atoms. The van der Waals surface area contributed by atoms with E-state index in [9.17, 15) is 13.2 Å². The number of ether oxygens (including phenoxy) is 1. The van der Waals surface area contributed by atoms with Crippen molar-refractivity contribution in [1.82, 2.24) is 4.72 Å². The standard InChI is InChI=1S/C18H17ClN2O4S/c19-15-9-7-14(8-10-15)13-26(23,24)21-11-3-4-12-25-17-6-2-1-5-16(17)18(20)22/h1-2,5-10,21H,11-13H2,(H2,20,22). The first kappa shape index (κ1) is 19.8. The summed E-state index contributed by atoms with van der Waals surface area (Å²) in [5, 5.41) is 0.544. The van der Waals surface area contributed by atoms with Gasteiger partial charge in [0.2, 0.25) is 10.0 Å². The van der Waals surface area contributed by atoms with Gasteiger partial charge in [0.1, 0.15) is 12.4 Å². The van der Waals surface area contributed by atoms with E-state index in [2.05, 4.69) is 16.6 Å². The lowest BCUT2D eigenvalue weighted by Crippen LogP contribution is -2.25. The molecule has 0 aliphatic carbocycles. The molecule has 0 saturated carbocycles. The van der Waals surface area contributed by atoms with Crippen molar-refractivity contribution in [3.8, 4) is 17.6 Å².